The molecule has 2 aliphatic rings. The van der Waals surface area contributed by atoms with E-state index in [1.807, 2.05) is 6.07 Å². The third-order valence-electron chi connectivity index (χ3n) is 3.63. The maximum atomic E-state index is 11.9. The van der Waals surface area contributed by atoms with Crippen molar-refractivity contribution in [2.75, 3.05) is 13.1 Å². The van der Waals surface area contributed by atoms with Crippen molar-refractivity contribution in [1.82, 2.24) is 10.2 Å². The van der Waals surface area contributed by atoms with Crippen molar-refractivity contribution < 1.29 is 9.72 Å². The molecule has 0 spiro atoms. The lowest BCUT2D eigenvalue weighted by molar-refractivity contribution is -0.385. The summed E-state index contributed by atoms with van der Waals surface area (Å²) in [4.78, 5) is 24.1. The standard InChI is InChI=1S/C13H15N3O3/c17-12-7-14-13(15(12)8-9-4-5-9)10-2-1-3-11(6-10)16(18)19/h1-3,6,9,13-14H,4-5,7-8H2. The Morgan fingerprint density at radius 1 is 1.42 bits per heavy atom. The second-order valence-electron chi connectivity index (χ2n) is 5.13. The van der Waals surface area contributed by atoms with Gasteiger partial charge >= 0.3 is 0 Å². The van der Waals surface area contributed by atoms with E-state index in [0.29, 0.717) is 12.5 Å². The van der Waals surface area contributed by atoms with Gasteiger partial charge in [-0.2, -0.15) is 0 Å². The summed E-state index contributed by atoms with van der Waals surface area (Å²) in [5.74, 6) is 0.674. The highest BCUT2D eigenvalue weighted by Crippen LogP contribution is 2.34. The van der Waals surface area contributed by atoms with Crippen molar-refractivity contribution in [2.45, 2.75) is 19.0 Å². The van der Waals surface area contributed by atoms with Crippen LogP contribution in [0.25, 0.3) is 0 Å². The molecule has 100 valence electrons. The Bertz CT molecular complexity index is 528. The molecule has 6 nitrogen and oxygen atoms in total. The summed E-state index contributed by atoms with van der Waals surface area (Å²) in [6, 6.07) is 6.48. The van der Waals surface area contributed by atoms with Crippen molar-refractivity contribution >= 4 is 11.6 Å². The summed E-state index contributed by atoms with van der Waals surface area (Å²) in [5, 5.41) is 13.9. The van der Waals surface area contributed by atoms with Crippen LogP contribution in [-0.4, -0.2) is 28.8 Å². The summed E-state index contributed by atoms with van der Waals surface area (Å²) in [7, 11) is 0. The number of nitro benzene ring substituents is 1. The fourth-order valence-corrected chi connectivity index (χ4v) is 2.43. The number of amides is 1. The maximum Gasteiger partial charge on any atom is 0.269 e. The first-order chi connectivity index (χ1) is 9.15. The van der Waals surface area contributed by atoms with Crippen LogP contribution in [0.3, 0.4) is 0 Å². The normalized spacial score (nSPS) is 22.8. The molecule has 1 heterocycles. The molecule has 1 aromatic rings. The summed E-state index contributed by atoms with van der Waals surface area (Å²) < 4.78 is 0. The Kier molecular flexibility index (Phi) is 2.94. The number of carbonyl (C=O) groups is 1. The quantitative estimate of drug-likeness (QED) is 0.657. The minimum Gasteiger partial charge on any atom is -0.322 e. The second-order valence-corrected chi connectivity index (χ2v) is 5.13. The molecule has 3 rings (SSSR count). The lowest BCUT2D eigenvalue weighted by atomic mass is 10.1. The number of rotatable bonds is 4. The molecule has 1 aliphatic carbocycles. The lowest BCUT2D eigenvalue weighted by Gasteiger charge is -2.24. The zero-order valence-electron chi connectivity index (χ0n) is 10.4. The van der Waals surface area contributed by atoms with Gasteiger partial charge < -0.3 is 4.90 Å². The SMILES string of the molecule is O=C1CNC(c2cccc([N+](=O)[O-])c2)N1CC1CC1. The largest absolute Gasteiger partial charge is 0.322 e. The van der Waals surface area contributed by atoms with Crippen LogP contribution in [0, 0.1) is 16.0 Å². The van der Waals surface area contributed by atoms with E-state index >= 15 is 0 Å². The Morgan fingerprint density at radius 3 is 2.89 bits per heavy atom. The number of nitrogens with zero attached hydrogens (tertiary/aromatic N) is 2. The van der Waals surface area contributed by atoms with E-state index in [2.05, 4.69) is 5.32 Å². The summed E-state index contributed by atoms with van der Waals surface area (Å²) in [6.45, 7) is 1.05. The van der Waals surface area contributed by atoms with E-state index in [-0.39, 0.29) is 17.8 Å². The van der Waals surface area contributed by atoms with Gasteiger partial charge in [-0.15, -0.1) is 0 Å². The van der Waals surface area contributed by atoms with Gasteiger partial charge in [0, 0.05) is 18.7 Å². The maximum absolute atomic E-state index is 11.9. The fraction of sp³-hybridized carbons (Fsp3) is 0.462. The number of hydrogen-bond donors (Lipinski definition) is 1. The molecule has 19 heavy (non-hydrogen) atoms. The van der Waals surface area contributed by atoms with E-state index in [0.717, 1.165) is 12.1 Å². The van der Waals surface area contributed by atoms with E-state index in [4.69, 9.17) is 0 Å². The van der Waals surface area contributed by atoms with Crippen molar-refractivity contribution in [1.29, 1.82) is 0 Å². The Balaban J connectivity index is 1.84. The zero-order chi connectivity index (χ0) is 13.4. The third-order valence-corrected chi connectivity index (χ3v) is 3.63. The van der Waals surface area contributed by atoms with Gasteiger partial charge in [0.05, 0.1) is 11.5 Å². The predicted molar refractivity (Wildman–Crippen MR) is 68.3 cm³/mol. The van der Waals surface area contributed by atoms with Crippen LogP contribution >= 0.6 is 0 Å². The Morgan fingerprint density at radius 2 is 2.21 bits per heavy atom. The van der Waals surface area contributed by atoms with Crippen LogP contribution < -0.4 is 5.32 Å². The Labute approximate surface area is 110 Å². The van der Waals surface area contributed by atoms with E-state index in [1.165, 1.54) is 25.0 Å². The van der Waals surface area contributed by atoms with E-state index in [9.17, 15) is 14.9 Å². The predicted octanol–water partition coefficient (Wildman–Crippen LogP) is 1.44. The molecule has 2 fully saturated rings. The van der Waals surface area contributed by atoms with Gasteiger partial charge in [-0.25, -0.2) is 0 Å². The zero-order valence-corrected chi connectivity index (χ0v) is 10.4. The summed E-state index contributed by atoms with van der Waals surface area (Å²) in [5.41, 5.74) is 0.839. The average molecular weight is 261 g/mol. The van der Waals surface area contributed by atoms with Crippen molar-refractivity contribution in [2.24, 2.45) is 5.92 Å². The first-order valence-corrected chi connectivity index (χ1v) is 6.42. The van der Waals surface area contributed by atoms with Gasteiger partial charge in [-0.1, -0.05) is 12.1 Å². The van der Waals surface area contributed by atoms with Crippen LogP contribution in [0.2, 0.25) is 0 Å². The highest BCUT2D eigenvalue weighted by Gasteiger charge is 2.36. The molecule has 0 bridgehead atoms. The highest BCUT2D eigenvalue weighted by atomic mass is 16.6. The average Bonchev–Trinajstić information content (AvgIpc) is 3.14. The van der Waals surface area contributed by atoms with Gasteiger partial charge in [0.25, 0.3) is 5.69 Å². The number of nitro groups is 1. The van der Waals surface area contributed by atoms with Crippen LogP contribution in [0.5, 0.6) is 0 Å². The van der Waals surface area contributed by atoms with Crippen LogP contribution in [-0.2, 0) is 4.79 Å². The molecule has 0 aromatic heterocycles. The topological polar surface area (TPSA) is 75.5 Å². The van der Waals surface area contributed by atoms with Gasteiger partial charge in [0.1, 0.15) is 6.17 Å². The molecule has 0 radical (unpaired) electrons. The molecule has 1 N–H and O–H groups in total. The van der Waals surface area contributed by atoms with Crippen LogP contribution in [0.4, 0.5) is 5.69 Å². The van der Waals surface area contributed by atoms with Crippen LogP contribution in [0.15, 0.2) is 24.3 Å². The molecule has 1 unspecified atom stereocenters. The number of nitrogens with one attached hydrogen (secondary N) is 1. The van der Waals surface area contributed by atoms with E-state index in [1.54, 1.807) is 11.0 Å². The lowest BCUT2D eigenvalue weighted by Crippen LogP contribution is -2.32. The minimum atomic E-state index is -0.411. The summed E-state index contributed by atoms with van der Waals surface area (Å²) in [6.07, 6.45) is 2.12. The molecule has 1 amide bonds. The fourth-order valence-electron chi connectivity index (χ4n) is 2.43. The molecular weight excluding hydrogens is 246 g/mol. The molecule has 1 aliphatic heterocycles. The molecule has 1 saturated carbocycles. The third kappa shape index (κ3) is 2.44. The van der Waals surface area contributed by atoms with E-state index < -0.39 is 4.92 Å². The minimum absolute atomic E-state index is 0.0602. The number of benzene rings is 1. The highest BCUT2D eigenvalue weighted by molar-refractivity contribution is 5.81. The van der Waals surface area contributed by atoms with Gasteiger partial charge in [-0.05, 0) is 24.3 Å². The number of hydrogen-bond acceptors (Lipinski definition) is 4. The van der Waals surface area contributed by atoms with Crippen molar-refractivity contribution in [3.63, 3.8) is 0 Å². The first-order valence-electron chi connectivity index (χ1n) is 6.42. The second kappa shape index (κ2) is 4.62. The van der Waals surface area contributed by atoms with Crippen molar-refractivity contribution in [3.05, 3.63) is 39.9 Å². The van der Waals surface area contributed by atoms with Gasteiger partial charge in [0.2, 0.25) is 5.91 Å². The van der Waals surface area contributed by atoms with Gasteiger partial charge in [0.15, 0.2) is 0 Å². The summed E-state index contributed by atoms with van der Waals surface area (Å²) >= 11 is 0. The monoisotopic (exact) mass is 261 g/mol. The number of carbonyl (C=O) groups excluding carboxylic acids is 1. The van der Waals surface area contributed by atoms with Crippen LogP contribution in [0.1, 0.15) is 24.6 Å². The Hall–Kier alpha value is -1.95. The molecule has 1 aromatic carbocycles. The first kappa shape index (κ1) is 12.1. The molecular formula is C13H15N3O3. The molecule has 1 atom stereocenters. The smallest absolute Gasteiger partial charge is 0.269 e. The van der Waals surface area contributed by atoms with Crippen molar-refractivity contribution in [3.8, 4) is 0 Å². The molecule has 1 saturated heterocycles. The van der Waals surface area contributed by atoms with Gasteiger partial charge in [-0.3, -0.25) is 20.2 Å². The number of non-ortho nitro benzene ring substituents is 1. The molecule has 6 heteroatoms.